The van der Waals surface area contributed by atoms with Crippen LogP contribution in [0, 0.1) is 5.82 Å². The number of carbonyl (C=O) groups is 1. The molecule has 0 fully saturated rings. The van der Waals surface area contributed by atoms with Crippen LogP contribution in [-0.4, -0.2) is 33.5 Å². The third-order valence-electron chi connectivity index (χ3n) is 3.84. The normalized spacial score (nSPS) is 10.6. The molecule has 3 rings (SSSR count). The van der Waals surface area contributed by atoms with Gasteiger partial charge in [-0.15, -0.1) is 10.2 Å². The second kappa shape index (κ2) is 8.68. The number of hydrogen-bond acceptors (Lipinski definition) is 5. The number of anilines is 1. The second-order valence-corrected chi connectivity index (χ2v) is 6.57. The van der Waals surface area contributed by atoms with Gasteiger partial charge in [-0.2, -0.15) is 0 Å². The second-order valence-electron chi connectivity index (χ2n) is 5.62. The van der Waals surface area contributed by atoms with Crippen LogP contribution in [0.5, 0.6) is 5.75 Å². The van der Waals surface area contributed by atoms with Crippen molar-refractivity contribution in [1.29, 1.82) is 0 Å². The van der Waals surface area contributed by atoms with Gasteiger partial charge in [-0.1, -0.05) is 11.8 Å². The van der Waals surface area contributed by atoms with Gasteiger partial charge in [-0.3, -0.25) is 4.79 Å². The molecular formula is C19H19FN4O2S. The Hall–Kier alpha value is -2.87. The molecule has 1 N–H and O–H groups in total. The van der Waals surface area contributed by atoms with E-state index in [2.05, 4.69) is 15.5 Å². The molecule has 0 aliphatic carbocycles. The molecule has 27 heavy (non-hydrogen) atoms. The molecule has 0 aliphatic heterocycles. The average Bonchev–Trinajstić information content (AvgIpc) is 3.10. The van der Waals surface area contributed by atoms with Crippen molar-refractivity contribution in [3.63, 3.8) is 0 Å². The number of halogens is 1. The van der Waals surface area contributed by atoms with Crippen LogP contribution < -0.4 is 10.1 Å². The van der Waals surface area contributed by atoms with Crippen molar-refractivity contribution in [3.05, 3.63) is 54.3 Å². The third-order valence-corrected chi connectivity index (χ3v) is 4.81. The lowest BCUT2D eigenvalue weighted by Gasteiger charge is -2.08. The van der Waals surface area contributed by atoms with Crippen molar-refractivity contribution >= 4 is 23.4 Å². The Bertz CT molecular complexity index is 910. The summed E-state index contributed by atoms with van der Waals surface area (Å²) >= 11 is 1.30. The van der Waals surface area contributed by atoms with E-state index in [4.69, 9.17) is 4.74 Å². The quantitative estimate of drug-likeness (QED) is 0.625. The molecule has 0 bridgehead atoms. The number of thioether (sulfide) groups is 1. The van der Waals surface area contributed by atoms with Crippen molar-refractivity contribution in [1.82, 2.24) is 14.8 Å². The maximum atomic E-state index is 13.1. The molecule has 140 valence electrons. The predicted molar refractivity (Wildman–Crippen MR) is 103 cm³/mol. The minimum atomic E-state index is -0.300. The number of nitrogens with zero attached hydrogens (tertiary/aromatic N) is 3. The first-order chi connectivity index (χ1) is 13.1. The number of hydrogen-bond donors (Lipinski definition) is 1. The highest BCUT2D eigenvalue weighted by atomic mass is 32.2. The van der Waals surface area contributed by atoms with Gasteiger partial charge < -0.3 is 14.6 Å². The fourth-order valence-corrected chi connectivity index (χ4v) is 3.30. The van der Waals surface area contributed by atoms with Gasteiger partial charge in [0, 0.05) is 17.8 Å². The highest BCUT2D eigenvalue weighted by Crippen LogP contribution is 2.24. The maximum Gasteiger partial charge on any atom is 0.234 e. The van der Waals surface area contributed by atoms with E-state index in [1.165, 1.54) is 23.9 Å². The van der Waals surface area contributed by atoms with Crippen molar-refractivity contribution in [2.45, 2.75) is 18.6 Å². The number of nitrogens with one attached hydrogen (secondary N) is 1. The summed E-state index contributed by atoms with van der Waals surface area (Å²) in [6.45, 7) is 2.61. The standard InChI is InChI=1S/C19H19FN4O2S/c1-3-24-18(13-4-6-14(20)7-5-13)22-23-19(24)27-12-17(25)21-15-8-10-16(26-2)11-9-15/h4-11H,3,12H2,1-2H3,(H,21,25). The van der Waals surface area contributed by atoms with E-state index in [9.17, 15) is 9.18 Å². The summed E-state index contributed by atoms with van der Waals surface area (Å²) in [5.74, 6) is 1.14. The van der Waals surface area contributed by atoms with E-state index in [1.54, 1.807) is 43.5 Å². The molecule has 8 heteroatoms. The summed E-state index contributed by atoms with van der Waals surface area (Å²) < 4.78 is 20.1. The van der Waals surface area contributed by atoms with Crippen LogP contribution in [0.1, 0.15) is 6.92 Å². The Kier molecular flexibility index (Phi) is 6.08. The first kappa shape index (κ1) is 18.9. The number of amides is 1. The number of methoxy groups -OCH3 is 1. The lowest BCUT2D eigenvalue weighted by Crippen LogP contribution is -2.14. The van der Waals surface area contributed by atoms with E-state index in [0.29, 0.717) is 23.2 Å². The van der Waals surface area contributed by atoms with Gasteiger partial charge >= 0.3 is 0 Å². The highest BCUT2D eigenvalue weighted by Gasteiger charge is 2.14. The van der Waals surface area contributed by atoms with E-state index in [-0.39, 0.29) is 17.5 Å². The Balaban J connectivity index is 1.65. The summed E-state index contributed by atoms with van der Waals surface area (Å²) in [6.07, 6.45) is 0. The topological polar surface area (TPSA) is 69.0 Å². The fourth-order valence-electron chi connectivity index (χ4n) is 2.49. The van der Waals surface area contributed by atoms with Gasteiger partial charge in [-0.05, 0) is 55.5 Å². The van der Waals surface area contributed by atoms with Crippen LogP contribution in [0.15, 0.2) is 53.7 Å². The van der Waals surface area contributed by atoms with Gasteiger partial charge in [0.15, 0.2) is 11.0 Å². The minimum Gasteiger partial charge on any atom is -0.497 e. The van der Waals surface area contributed by atoms with Crippen molar-refractivity contribution < 1.29 is 13.9 Å². The molecule has 0 unspecified atom stereocenters. The lowest BCUT2D eigenvalue weighted by molar-refractivity contribution is -0.113. The summed E-state index contributed by atoms with van der Waals surface area (Å²) in [7, 11) is 1.59. The largest absolute Gasteiger partial charge is 0.497 e. The Morgan fingerprint density at radius 2 is 1.85 bits per heavy atom. The van der Waals surface area contributed by atoms with E-state index in [0.717, 1.165) is 11.3 Å². The zero-order valence-corrected chi connectivity index (χ0v) is 15.8. The molecule has 1 amide bonds. The predicted octanol–water partition coefficient (Wildman–Crippen LogP) is 3.84. The molecule has 0 spiro atoms. The van der Waals surface area contributed by atoms with Crippen LogP contribution in [0.25, 0.3) is 11.4 Å². The molecule has 6 nitrogen and oxygen atoms in total. The molecule has 1 aromatic heterocycles. The summed E-state index contributed by atoms with van der Waals surface area (Å²) in [6, 6.07) is 13.2. The molecule has 0 saturated carbocycles. The smallest absolute Gasteiger partial charge is 0.234 e. The number of carbonyl (C=O) groups excluding carboxylic acids is 1. The van der Waals surface area contributed by atoms with Gasteiger partial charge in [-0.25, -0.2) is 4.39 Å². The Labute approximate surface area is 160 Å². The Morgan fingerprint density at radius 3 is 2.48 bits per heavy atom. The first-order valence-electron chi connectivity index (χ1n) is 8.36. The summed E-state index contributed by atoms with van der Waals surface area (Å²) in [5, 5.41) is 11.8. The van der Waals surface area contributed by atoms with E-state index in [1.807, 2.05) is 11.5 Å². The van der Waals surface area contributed by atoms with Crippen LogP contribution in [-0.2, 0) is 11.3 Å². The molecule has 1 heterocycles. The zero-order chi connectivity index (χ0) is 19.2. The number of rotatable bonds is 7. The van der Waals surface area contributed by atoms with Crippen molar-refractivity contribution in [2.75, 3.05) is 18.2 Å². The molecule has 0 saturated heterocycles. The SMILES string of the molecule is CCn1c(SCC(=O)Nc2ccc(OC)cc2)nnc1-c1ccc(F)cc1. The number of benzene rings is 2. The van der Waals surface area contributed by atoms with Crippen LogP contribution >= 0.6 is 11.8 Å². The van der Waals surface area contributed by atoms with Crippen LogP contribution in [0.2, 0.25) is 0 Å². The third kappa shape index (κ3) is 4.65. The van der Waals surface area contributed by atoms with Gasteiger partial charge in [0.25, 0.3) is 0 Å². The zero-order valence-electron chi connectivity index (χ0n) is 15.0. The van der Waals surface area contributed by atoms with Gasteiger partial charge in [0.2, 0.25) is 5.91 Å². The van der Waals surface area contributed by atoms with Crippen LogP contribution in [0.4, 0.5) is 10.1 Å². The first-order valence-corrected chi connectivity index (χ1v) is 9.35. The summed E-state index contributed by atoms with van der Waals surface area (Å²) in [5.41, 5.74) is 1.48. The number of ether oxygens (including phenoxy) is 1. The van der Waals surface area contributed by atoms with E-state index >= 15 is 0 Å². The van der Waals surface area contributed by atoms with Gasteiger partial charge in [0.1, 0.15) is 11.6 Å². The van der Waals surface area contributed by atoms with Crippen LogP contribution in [0.3, 0.4) is 0 Å². The maximum absolute atomic E-state index is 13.1. The Morgan fingerprint density at radius 1 is 1.15 bits per heavy atom. The number of aromatic nitrogens is 3. The molecular weight excluding hydrogens is 367 g/mol. The minimum absolute atomic E-state index is 0.140. The summed E-state index contributed by atoms with van der Waals surface area (Å²) in [4.78, 5) is 12.2. The average molecular weight is 386 g/mol. The molecule has 3 aromatic rings. The monoisotopic (exact) mass is 386 g/mol. The molecule has 0 aliphatic rings. The molecule has 0 radical (unpaired) electrons. The molecule has 2 aromatic carbocycles. The fraction of sp³-hybridized carbons (Fsp3) is 0.211. The van der Waals surface area contributed by atoms with Crippen molar-refractivity contribution in [3.8, 4) is 17.1 Å². The van der Waals surface area contributed by atoms with Crippen molar-refractivity contribution in [2.24, 2.45) is 0 Å². The molecule has 0 atom stereocenters. The lowest BCUT2D eigenvalue weighted by atomic mass is 10.2. The van der Waals surface area contributed by atoms with Gasteiger partial charge in [0.05, 0.1) is 12.9 Å². The highest BCUT2D eigenvalue weighted by molar-refractivity contribution is 7.99. The van der Waals surface area contributed by atoms with E-state index < -0.39 is 0 Å².